The van der Waals surface area contributed by atoms with E-state index >= 15 is 0 Å². The number of primary amides is 1. The number of hydrogen-bond acceptors (Lipinski definition) is 4. The summed E-state index contributed by atoms with van der Waals surface area (Å²) in [7, 11) is 0. The summed E-state index contributed by atoms with van der Waals surface area (Å²) in [5, 5.41) is 9.38. The van der Waals surface area contributed by atoms with Crippen molar-refractivity contribution in [2.24, 2.45) is 5.73 Å². The SMILES string of the molecule is NC(=O)c1ccc(CN2CC[C@@H](O)C2)cn1. The molecule has 2 heterocycles. The molecule has 1 saturated heterocycles. The lowest BCUT2D eigenvalue weighted by Crippen LogP contribution is -2.21. The van der Waals surface area contributed by atoms with Gasteiger partial charge >= 0.3 is 0 Å². The monoisotopic (exact) mass is 221 g/mol. The molecule has 0 spiro atoms. The lowest BCUT2D eigenvalue weighted by Gasteiger charge is -2.14. The fraction of sp³-hybridized carbons (Fsp3) is 0.455. The number of likely N-dealkylation sites (tertiary alicyclic amines) is 1. The van der Waals surface area contributed by atoms with Crippen molar-refractivity contribution in [3.8, 4) is 0 Å². The second kappa shape index (κ2) is 4.59. The van der Waals surface area contributed by atoms with Crippen molar-refractivity contribution in [2.75, 3.05) is 13.1 Å². The maximum absolute atomic E-state index is 10.8. The highest BCUT2D eigenvalue weighted by molar-refractivity contribution is 5.90. The van der Waals surface area contributed by atoms with E-state index in [4.69, 9.17) is 5.73 Å². The number of nitrogens with two attached hydrogens (primary N) is 1. The van der Waals surface area contributed by atoms with Gasteiger partial charge in [0.1, 0.15) is 5.69 Å². The van der Waals surface area contributed by atoms with Crippen molar-refractivity contribution in [3.63, 3.8) is 0 Å². The quantitative estimate of drug-likeness (QED) is 0.737. The van der Waals surface area contributed by atoms with E-state index in [1.165, 1.54) is 0 Å². The molecule has 1 aliphatic heterocycles. The Balaban J connectivity index is 1.97. The minimum absolute atomic E-state index is 0.210. The van der Waals surface area contributed by atoms with Crippen molar-refractivity contribution < 1.29 is 9.90 Å². The smallest absolute Gasteiger partial charge is 0.267 e. The maximum atomic E-state index is 10.8. The lowest BCUT2D eigenvalue weighted by atomic mass is 10.2. The molecule has 16 heavy (non-hydrogen) atoms. The molecule has 5 nitrogen and oxygen atoms in total. The van der Waals surface area contributed by atoms with Crippen LogP contribution in [0.1, 0.15) is 22.5 Å². The van der Waals surface area contributed by atoms with Gasteiger partial charge in [0.25, 0.3) is 5.91 Å². The van der Waals surface area contributed by atoms with E-state index in [1.807, 2.05) is 6.07 Å². The van der Waals surface area contributed by atoms with E-state index in [0.717, 1.165) is 25.1 Å². The molecule has 0 radical (unpaired) electrons. The van der Waals surface area contributed by atoms with Gasteiger partial charge in [0, 0.05) is 25.8 Å². The van der Waals surface area contributed by atoms with Crippen LogP contribution in [0.4, 0.5) is 0 Å². The van der Waals surface area contributed by atoms with Gasteiger partial charge in [-0.1, -0.05) is 6.07 Å². The van der Waals surface area contributed by atoms with E-state index in [1.54, 1.807) is 12.3 Å². The summed E-state index contributed by atoms with van der Waals surface area (Å²) in [5.74, 6) is -0.511. The number of hydrogen-bond donors (Lipinski definition) is 2. The average molecular weight is 221 g/mol. The normalized spacial score (nSPS) is 21.2. The Bertz CT molecular complexity index is 377. The number of aliphatic hydroxyl groups is 1. The number of rotatable bonds is 3. The summed E-state index contributed by atoms with van der Waals surface area (Å²) in [4.78, 5) is 16.9. The van der Waals surface area contributed by atoms with Crippen LogP contribution in [0.2, 0.25) is 0 Å². The summed E-state index contributed by atoms with van der Waals surface area (Å²) in [6.07, 6.45) is 2.27. The zero-order valence-electron chi connectivity index (χ0n) is 8.97. The molecule has 1 fully saturated rings. The number of aliphatic hydroxyl groups excluding tert-OH is 1. The summed E-state index contributed by atoms with van der Waals surface area (Å²) < 4.78 is 0. The largest absolute Gasteiger partial charge is 0.392 e. The zero-order chi connectivity index (χ0) is 11.5. The van der Waals surface area contributed by atoms with Gasteiger partial charge in [-0.25, -0.2) is 0 Å². The van der Waals surface area contributed by atoms with Crippen LogP contribution < -0.4 is 5.73 Å². The lowest BCUT2D eigenvalue weighted by molar-refractivity contribution is 0.0995. The van der Waals surface area contributed by atoms with Gasteiger partial charge in [-0.3, -0.25) is 14.7 Å². The van der Waals surface area contributed by atoms with Gasteiger partial charge in [-0.05, 0) is 18.1 Å². The number of pyridine rings is 1. The molecule has 2 rings (SSSR count). The van der Waals surface area contributed by atoms with Crippen LogP contribution in [-0.2, 0) is 6.54 Å². The van der Waals surface area contributed by atoms with Crippen LogP contribution in [-0.4, -0.2) is 40.1 Å². The van der Waals surface area contributed by atoms with Crippen molar-refractivity contribution in [3.05, 3.63) is 29.6 Å². The predicted molar refractivity (Wildman–Crippen MR) is 58.7 cm³/mol. The van der Waals surface area contributed by atoms with E-state index in [9.17, 15) is 9.90 Å². The Morgan fingerprint density at radius 2 is 2.44 bits per heavy atom. The molecule has 1 amide bonds. The molecule has 1 aromatic heterocycles. The molecule has 0 bridgehead atoms. The first-order valence-corrected chi connectivity index (χ1v) is 5.30. The molecular weight excluding hydrogens is 206 g/mol. The Morgan fingerprint density at radius 3 is 2.94 bits per heavy atom. The highest BCUT2D eigenvalue weighted by Gasteiger charge is 2.19. The van der Waals surface area contributed by atoms with Crippen LogP contribution >= 0.6 is 0 Å². The highest BCUT2D eigenvalue weighted by atomic mass is 16.3. The van der Waals surface area contributed by atoms with Crippen LogP contribution in [0.5, 0.6) is 0 Å². The number of aromatic nitrogens is 1. The Labute approximate surface area is 93.9 Å². The minimum atomic E-state index is -0.511. The van der Waals surface area contributed by atoms with E-state index in [0.29, 0.717) is 6.54 Å². The van der Waals surface area contributed by atoms with Gasteiger partial charge < -0.3 is 10.8 Å². The Kier molecular flexibility index (Phi) is 3.17. The third kappa shape index (κ3) is 2.56. The van der Waals surface area contributed by atoms with Crippen molar-refractivity contribution in [1.82, 2.24) is 9.88 Å². The van der Waals surface area contributed by atoms with Gasteiger partial charge in [-0.2, -0.15) is 0 Å². The summed E-state index contributed by atoms with van der Waals surface area (Å²) in [6.45, 7) is 2.36. The molecule has 0 aliphatic carbocycles. The van der Waals surface area contributed by atoms with Gasteiger partial charge in [0.15, 0.2) is 0 Å². The molecule has 0 unspecified atom stereocenters. The van der Waals surface area contributed by atoms with E-state index in [-0.39, 0.29) is 11.8 Å². The van der Waals surface area contributed by atoms with Crippen LogP contribution in [0.3, 0.4) is 0 Å². The number of amides is 1. The molecule has 3 N–H and O–H groups in total. The first kappa shape index (κ1) is 11.0. The first-order chi connectivity index (χ1) is 7.65. The fourth-order valence-corrected chi connectivity index (χ4v) is 1.88. The number of carbonyl (C=O) groups is 1. The third-order valence-corrected chi connectivity index (χ3v) is 2.73. The molecule has 86 valence electrons. The molecule has 0 saturated carbocycles. The Hall–Kier alpha value is -1.46. The predicted octanol–water partition coefficient (Wildman–Crippen LogP) is -0.253. The van der Waals surface area contributed by atoms with Crippen molar-refractivity contribution in [2.45, 2.75) is 19.1 Å². The highest BCUT2D eigenvalue weighted by Crippen LogP contribution is 2.12. The topological polar surface area (TPSA) is 79.5 Å². The number of β-amino-alcohol motifs (C(OH)–C–C–N with tert-alkyl or cyclic N) is 1. The molecule has 1 atom stereocenters. The molecule has 0 aromatic carbocycles. The summed E-state index contributed by atoms with van der Waals surface area (Å²) in [6, 6.07) is 3.47. The molecule has 1 aromatic rings. The van der Waals surface area contributed by atoms with Gasteiger partial charge in [0.05, 0.1) is 6.10 Å². The van der Waals surface area contributed by atoms with Gasteiger partial charge in [0.2, 0.25) is 0 Å². The third-order valence-electron chi connectivity index (χ3n) is 2.73. The molecule has 5 heteroatoms. The van der Waals surface area contributed by atoms with E-state index < -0.39 is 5.91 Å². The van der Waals surface area contributed by atoms with Crippen LogP contribution in [0, 0.1) is 0 Å². The Morgan fingerprint density at radius 1 is 1.62 bits per heavy atom. The average Bonchev–Trinajstić information content (AvgIpc) is 2.65. The standard InChI is InChI=1S/C11H15N3O2/c12-11(16)10-2-1-8(5-13-10)6-14-4-3-9(15)7-14/h1-2,5,9,15H,3-4,6-7H2,(H2,12,16)/t9-/m1/s1. The maximum Gasteiger partial charge on any atom is 0.267 e. The van der Waals surface area contributed by atoms with Crippen LogP contribution in [0.25, 0.3) is 0 Å². The summed E-state index contributed by atoms with van der Waals surface area (Å²) >= 11 is 0. The first-order valence-electron chi connectivity index (χ1n) is 5.30. The number of nitrogens with zero attached hydrogens (tertiary/aromatic N) is 2. The van der Waals surface area contributed by atoms with Gasteiger partial charge in [-0.15, -0.1) is 0 Å². The fourth-order valence-electron chi connectivity index (χ4n) is 1.88. The second-order valence-electron chi connectivity index (χ2n) is 4.09. The second-order valence-corrected chi connectivity index (χ2v) is 4.09. The van der Waals surface area contributed by atoms with Crippen LogP contribution in [0.15, 0.2) is 18.3 Å². The van der Waals surface area contributed by atoms with E-state index in [2.05, 4.69) is 9.88 Å². The number of carbonyl (C=O) groups excluding carboxylic acids is 1. The minimum Gasteiger partial charge on any atom is -0.392 e. The van der Waals surface area contributed by atoms with Crippen molar-refractivity contribution >= 4 is 5.91 Å². The molecular formula is C11H15N3O2. The molecule has 1 aliphatic rings. The zero-order valence-corrected chi connectivity index (χ0v) is 8.97. The summed E-state index contributed by atoms with van der Waals surface area (Å²) in [5.41, 5.74) is 6.41. The van der Waals surface area contributed by atoms with Crippen molar-refractivity contribution in [1.29, 1.82) is 0 Å².